The first-order chi connectivity index (χ1) is 12.6. The fraction of sp³-hybridized carbons (Fsp3) is 0.250. The lowest BCUT2D eigenvalue weighted by molar-refractivity contribution is -0.137. The molecular weight excluding hydrogens is 355 g/mol. The number of hydrogen-bond donors (Lipinski definition) is 3. The van der Waals surface area contributed by atoms with Gasteiger partial charge in [-0.15, -0.1) is 0 Å². The number of carbonyl (C=O) groups excluding carboxylic acids is 1. The van der Waals surface area contributed by atoms with Crippen LogP contribution in [-0.4, -0.2) is 11.7 Å². The molecule has 0 radical (unpaired) electrons. The van der Waals surface area contributed by atoms with E-state index in [4.69, 9.17) is 5.73 Å². The van der Waals surface area contributed by atoms with E-state index >= 15 is 0 Å². The number of nitrogens with two attached hydrogens (primary N) is 1. The quantitative estimate of drug-likeness (QED) is 0.712. The topological polar surface area (TPSA) is 67.2 Å². The Kier molecular flexibility index (Phi) is 4.73. The zero-order valence-corrected chi connectivity index (χ0v) is 14.9. The molecule has 0 aliphatic carbocycles. The van der Waals surface area contributed by atoms with Crippen molar-refractivity contribution in [2.45, 2.75) is 25.8 Å². The summed E-state index contributed by atoms with van der Waals surface area (Å²) in [5, 5.41) is 5.67. The van der Waals surface area contributed by atoms with Gasteiger partial charge in [-0.05, 0) is 29.3 Å². The molecule has 1 heterocycles. The fourth-order valence-corrected chi connectivity index (χ4v) is 2.99. The number of amides is 1. The molecule has 1 amide bonds. The van der Waals surface area contributed by atoms with Gasteiger partial charge in [0.1, 0.15) is 0 Å². The third-order valence-corrected chi connectivity index (χ3v) is 4.31. The molecule has 2 aromatic rings. The van der Waals surface area contributed by atoms with Crippen LogP contribution in [0.15, 0.2) is 54.6 Å². The molecule has 1 atom stereocenters. The largest absolute Gasteiger partial charge is 0.417 e. The lowest BCUT2D eigenvalue weighted by atomic mass is 9.88. The van der Waals surface area contributed by atoms with Gasteiger partial charge < -0.3 is 10.6 Å². The van der Waals surface area contributed by atoms with E-state index in [1.54, 1.807) is 44.2 Å². The molecule has 0 spiro atoms. The minimum absolute atomic E-state index is 0.00701. The Morgan fingerprint density at radius 1 is 1.07 bits per heavy atom. The summed E-state index contributed by atoms with van der Waals surface area (Å²) in [5.74, 6) is -2.16. The predicted molar refractivity (Wildman–Crippen MR) is 98.5 cm³/mol. The van der Waals surface area contributed by atoms with Crippen LogP contribution in [0.3, 0.4) is 0 Å². The van der Waals surface area contributed by atoms with Gasteiger partial charge in [-0.3, -0.25) is 10.5 Å². The third-order valence-electron chi connectivity index (χ3n) is 4.31. The second kappa shape index (κ2) is 6.74. The fourth-order valence-electron chi connectivity index (χ4n) is 2.99. The summed E-state index contributed by atoms with van der Waals surface area (Å²) < 4.78 is 40.6. The van der Waals surface area contributed by atoms with E-state index in [-0.39, 0.29) is 17.4 Å². The van der Waals surface area contributed by atoms with Crippen LogP contribution in [0.25, 0.3) is 5.57 Å². The van der Waals surface area contributed by atoms with Crippen molar-refractivity contribution in [3.63, 3.8) is 0 Å². The van der Waals surface area contributed by atoms with E-state index in [1.165, 1.54) is 18.2 Å². The molecule has 1 aliphatic heterocycles. The first kappa shape index (κ1) is 19.0. The van der Waals surface area contributed by atoms with Gasteiger partial charge in [-0.2, -0.15) is 13.2 Å². The van der Waals surface area contributed by atoms with Crippen molar-refractivity contribution >= 4 is 17.2 Å². The van der Waals surface area contributed by atoms with Crippen LogP contribution in [0.4, 0.5) is 18.9 Å². The SMILES string of the molecule is CC(C)C(=O)NC1(N)C=C(c2ccccc2C(F)(F)F)c2ccccc2N1. The smallest absolute Gasteiger partial charge is 0.347 e. The zero-order chi connectivity index (χ0) is 19.8. The minimum atomic E-state index is -4.52. The van der Waals surface area contributed by atoms with Crippen LogP contribution in [-0.2, 0) is 11.0 Å². The Morgan fingerprint density at radius 3 is 2.30 bits per heavy atom. The molecule has 0 bridgehead atoms. The van der Waals surface area contributed by atoms with Crippen molar-refractivity contribution in [2.24, 2.45) is 11.7 Å². The molecular formula is C20H20F3N3O. The summed E-state index contributed by atoms with van der Waals surface area (Å²) in [6.45, 7) is 3.41. The highest BCUT2D eigenvalue weighted by atomic mass is 19.4. The number of nitrogens with one attached hydrogen (secondary N) is 2. The molecule has 0 saturated carbocycles. The van der Waals surface area contributed by atoms with Gasteiger partial charge >= 0.3 is 6.18 Å². The van der Waals surface area contributed by atoms with Crippen LogP contribution in [0, 0.1) is 5.92 Å². The summed E-state index contributed by atoms with van der Waals surface area (Å²) in [6.07, 6.45) is -3.09. The summed E-state index contributed by atoms with van der Waals surface area (Å²) in [5.41, 5.74) is 6.97. The number of fused-ring (bicyclic) bond motifs is 1. The van der Waals surface area contributed by atoms with Gasteiger partial charge in [0.25, 0.3) is 0 Å². The molecule has 3 rings (SSSR count). The molecule has 7 heteroatoms. The number of anilines is 1. The van der Waals surface area contributed by atoms with Crippen molar-refractivity contribution in [1.82, 2.24) is 5.32 Å². The molecule has 4 N–H and O–H groups in total. The van der Waals surface area contributed by atoms with E-state index < -0.39 is 17.5 Å². The number of rotatable bonds is 3. The van der Waals surface area contributed by atoms with Crippen molar-refractivity contribution in [1.29, 1.82) is 0 Å². The van der Waals surface area contributed by atoms with Gasteiger partial charge in [-0.1, -0.05) is 50.2 Å². The summed E-state index contributed by atoms with van der Waals surface area (Å²) >= 11 is 0. The number of hydrogen-bond acceptors (Lipinski definition) is 3. The van der Waals surface area contributed by atoms with Crippen molar-refractivity contribution in [3.8, 4) is 0 Å². The minimum Gasteiger partial charge on any atom is -0.347 e. The zero-order valence-electron chi connectivity index (χ0n) is 14.9. The second-order valence-electron chi connectivity index (χ2n) is 6.78. The molecule has 1 aliphatic rings. The maximum absolute atomic E-state index is 13.5. The Bertz CT molecular complexity index is 905. The molecule has 0 fully saturated rings. The standard InChI is InChI=1S/C20H20F3N3O/c1-12(2)18(27)26-19(24)11-15(14-8-4-6-10-17(14)25-19)13-7-3-5-9-16(13)20(21,22)23/h3-12,25H,24H2,1-2H3,(H,26,27). The molecule has 2 aromatic carbocycles. The van der Waals surface area contributed by atoms with Crippen LogP contribution in [0.1, 0.15) is 30.5 Å². The maximum Gasteiger partial charge on any atom is 0.417 e. The normalized spacial score (nSPS) is 19.1. The highest BCUT2D eigenvalue weighted by molar-refractivity contribution is 5.92. The molecule has 0 aromatic heterocycles. The van der Waals surface area contributed by atoms with Crippen molar-refractivity contribution in [2.75, 3.05) is 5.32 Å². The average molecular weight is 375 g/mol. The molecule has 1 unspecified atom stereocenters. The molecule has 27 heavy (non-hydrogen) atoms. The maximum atomic E-state index is 13.5. The van der Waals surface area contributed by atoms with Crippen LogP contribution in [0.2, 0.25) is 0 Å². The van der Waals surface area contributed by atoms with Gasteiger partial charge in [-0.25, -0.2) is 0 Å². The Labute approximate surface area is 155 Å². The highest BCUT2D eigenvalue weighted by Crippen LogP contribution is 2.41. The number of benzene rings is 2. The average Bonchev–Trinajstić information content (AvgIpc) is 2.60. The van der Waals surface area contributed by atoms with Gasteiger partial charge in [0.2, 0.25) is 5.91 Å². The van der Waals surface area contributed by atoms with E-state index in [0.29, 0.717) is 16.8 Å². The number of carbonyl (C=O) groups is 1. The summed E-state index contributed by atoms with van der Waals surface area (Å²) in [6, 6.07) is 12.2. The van der Waals surface area contributed by atoms with Gasteiger partial charge in [0, 0.05) is 17.2 Å². The highest BCUT2D eigenvalue weighted by Gasteiger charge is 2.37. The number of para-hydroxylation sites is 1. The van der Waals surface area contributed by atoms with Crippen LogP contribution < -0.4 is 16.4 Å². The molecule has 142 valence electrons. The van der Waals surface area contributed by atoms with Gasteiger partial charge in [0.05, 0.1) is 5.56 Å². The summed E-state index contributed by atoms with van der Waals surface area (Å²) in [4.78, 5) is 12.2. The summed E-state index contributed by atoms with van der Waals surface area (Å²) in [7, 11) is 0. The van der Waals surface area contributed by atoms with E-state index in [1.807, 2.05) is 0 Å². The molecule has 0 saturated heterocycles. The number of halogens is 3. The molecule has 4 nitrogen and oxygen atoms in total. The lowest BCUT2D eigenvalue weighted by Gasteiger charge is -2.36. The Hall–Kier alpha value is -2.80. The predicted octanol–water partition coefficient (Wildman–Crippen LogP) is 3.95. The first-order valence-electron chi connectivity index (χ1n) is 8.49. The van der Waals surface area contributed by atoms with Crippen LogP contribution >= 0.6 is 0 Å². The van der Waals surface area contributed by atoms with Crippen molar-refractivity contribution < 1.29 is 18.0 Å². The number of alkyl halides is 3. The van der Waals surface area contributed by atoms with Gasteiger partial charge in [0.15, 0.2) is 5.79 Å². The van der Waals surface area contributed by atoms with E-state index in [0.717, 1.165) is 6.07 Å². The monoisotopic (exact) mass is 375 g/mol. The second-order valence-corrected chi connectivity index (χ2v) is 6.78. The van der Waals surface area contributed by atoms with E-state index in [2.05, 4.69) is 10.6 Å². The first-order valence-corrected chi connectivity index (χ1v) is 8.49. The van der Waals surface area contributed by atoms with E-state index in [9.17, 15) is 18.0 Å². The van der Waals surface area contributed by atoms with Crippen molar-refractivity contribution in [3.05, 3.63) is 71.3 Å². The Morgan fingerprint density at radius 2 is 1.67 bits per heavy atom. The van der Waals surface area contributed by atoms with Crippen LogP contribution in [0.5, 0.6) is 0 Å². The third kappa shape index (κ3) is 3.83. The lowest BCUT2D eigenvalue weighted by Crippen LogP contribution is -2.62. The Balaban J connectivity index is 2.18.